The van der Waals surface area contributed by atoms with Gasteiger partial charge in [-0.05, 0) is 32.2 Å². The van der Waals surface area contributed by atoms with Gasteiger partial charge in [0.05, 0.1) is 7.11 Å². The van der Waals surface area contributed by atoms with Gasteiger partial charge in [0, 0.05) is 18.2 Å². The van der Waals surface area contributed by atoms with Crippen LogP contribution in [0.2, 0.25) is 0 Å². The Hall–Kier alpha value is -0.830. The van der Waals surface area contributed by atoms with E-state index in [1.54, 1.807) is 0 Å². The van der Waals surface area contributed by atoms with Gasteiger partial charge in [0.2, 0.25) is 0 Å². The van der Waals surface area contributed by atoms with Gasteiger partial charge in [-0.2, -0.15) is 0 Å². The molecule has 0 spiro atoms. The fourth-order valence-corrected chi connectivity index (χ4v) is 2.84. The number of likely N-dealkylation sites (N-methyl/N-ethyl adjacent to an activating group) is 1. The summed E-state index contributed by atoms with van der Waals surface area (Å²) in [5, 5.41) is 0. The van der Waals surface area contributed by atoms with Gasteiger partial charge in [0.25, 0.3) is 0 Å². The quantitative estimate of drug-likeness (QED) is 0.557. The van der Waals surface area contributed by atoms with Crippen LogP contribution >= 0.6 is 0 Å². The van der Waals surface area contributed by atoms with E-state index in [9.17, 15) is 4.79 Å². The van der Waals surface area contributed by atoms with E-state index >= 15 is 0 Å². The van der Waals surface area contributed by atoms with Gasteiger partial charge in [-0.3, -0.25) is 4.90 Å². The van der Waals surface area contributed by atoms with Crippen molar-refractivity contribution in [2.75, 3.05) is 20.7 Å². The summed E-state index contributed by atoms with van der Waals surface area (Å²) in [5.41, 5.74) is 0.785. The number of ether oxygens (including phenoxy) is 1. The van der Waals surface area contributed by atoms with E-state index in [2.05, 4.69) is 18.9 Å². The summed E-state index contributed by atoms with van der Waals surface area (Å²) in [4.78, 5) is 13.9. The summed E-state index contributed by atoms with van der Waals surface area (Å²) in [7, 11) is 3.60. The first-order valence-electron chi connectivity index (χ1n) is 7.07. The minimum atomic E-state index is -0.192. The largest absolute Gasteiger partial charge is 0.466 e. The molecule has 0 N–H and O–H groups in total. The minimum absolute atomic E-state index is 0.192. The monoisotopic (exact) mass is 253 g/mol. The topological polar surface area (TPSA) is 29.5 Å². The highest BCUT2D eigenvalue weighted by Crippen LogP contribution is 2.27. The van der Waals surface area contributed by atoms with Crippen LogP contribution in [0.25, 0.3) is 0 Å². The van der Waals surface area contributed by atoms with Crippen LogP contribution < -0.4 is 0 Å². The number of carbonyl (C=O) groups excluding carboxylic acids is 1. The molecule has 18 heavy (non-hydrogen) atoms. The van der Waals surface area contributed by atoms with Crippen molar-refractivity contribution >= 4 is 5.97 Å². The zero-order chi connectivity index (χ0) is 13.5. The van der Waals surface area contributed by atoms with E-state index in [-0.39, 0.29) is 5.97 Å². The summed E-state index contributed by atoms with van der Waals surface area (Å²) in [6, 6.07) is 0.658. The van der Waals surface area contributed by atoms with E-state index < -0.39 is 0 Å². The number of nitrogens with zero attached hydrogens (tertiary/aromatic N) is 1. The Morgan fingerprint density at radius 3 is 2.61 bits per heavy atom. The number of methoxy groups -OCH3 is 1. The maximum atomic E-state index is 11.5. The van der Waals surface area contributed by atoms with Crippen LogP contribution in [-0.2, 0) is 9.53 Å². The third-order valence-electron chi connectivity index (χ3n) is 4.09. The molecule has 1 rings (SSSR count). The molecule has 0 bridgehead atoms. The molecule has 3 heteroatoms. The van der Waals surface area contributed by atoms with Gasteiger partial charge >= 0.3 is 5.97 Å². The Balaban J connectivity index is 2.54. The fraction of sp³-hybridized carbons (Fsp3) is 0.800. The molecule has 0 heterocycles. The molecule has 0 saturated heterocycles. The molecule has 0 aromatic rings. The smallest absolute Gasteiger partial charge is 0.333 e. The lowest BCUT2D eigenvalue weighted by Gasteiger charge is -2.35. The van der Waals surface area contributed by atoms with Crippen molar-refractivity contribution in [1.29, 1.82) is 0 Å². The van der Waals surface area contributed by atoms with Crippen molar-refractivity contribution in [2.24, 2.45) is 5.92 Å². The van der Waals surface area contributed by atoms with Crippen molar-refractivity contribution in [3.63, 3.8) is 0 Å². The summed E-state index contributed by atoms with van der Waals surface area (Å²) in [6.45, 7) is 5.17. The van der Waals surface area contributed by atoms with Gasteiger partial charge in [-0.25, -0.2) is 4.79 Å². The van der Waals surface area contributed by atoms with Crippen LogP contribution in [0.3, 0.4) is 0 Å². The van der Waals surface area contributed by atoms with Crippen LogP contribution in [0.4, 0.5) is 0 Å². The van der Waals surface area contributed by atoms with E-state index in [1.165, 1.54) is 32.8 Å². The first-order valence-corrected chi connectivity index (χ1v) is 7.07. The highest BCUT2D eigenvalue weighted by atomic mass is 16.5. The third-order valence-corrected chi connectivity index (χ3v) is 4.09. The summed E-state index contributed by atoms with van der Waals surface area (Å²) in [6.07, 6.45) is 8.07. The van der Waals surface area contributed by atoms with Crippen LogP contribution in [0, 0.1) is 5.92 Å². The number of hydrogen-bond acceptors (Lipinski definition) is 3. The van der Waals surface area contributed by atoms with E-state index in [4.69, 9.17) is 4.74 Å². The second kappa shape index (κ2) is 7.57. The maximum absolute atomic E-state index is 11.5. The highest BCUT2D eigenvalue weighted by molar-refractivity contribution is 5.88. The lowest BCUT2D eigenvalue weighted by atomic mass is 9.85. The van der Waals surface area contributed by atoms with E-state index in [0.717, 1.165) is 24.5 Å². The standard InChI is InChI=1S/C15H27NO2/c1-5-13(15(17)18-4)10-11-16(3)14-9-7-6-8-12(14)2/h10,12,14H,5-9,11H2,1-4H3. The Bertz CT molecular complexity index is 299. The van der Waals surface area contributed by atoms with Crippen molar-refractivity contribution < 1.29 is 9.53 Å². The Morgan fingerprint density at radius 1 is 1.39 bits per heavy atom. The Morgan fingerprint density at radius 2 is 2.06 bits per heavy atom. The average molecular weight is 253 g/mol. The molecule has 104 valence electrons. The number of carbonyl (C=O) groups is 1. The molecule has 0 radical (unpaired) electrons. The van der Waals surface area contributed by atoms with E-state index in [0.29, 0.717) is 6.04 Å². The second-order valence-corrected chi connectivity index (χ2v) is 5.34. The number of rotatable bonds is 5. The molecule has 3 nitrogen and oxygen atoms in total. The van der Waals surface area contributed by atoms with Crippen molar-refractivity contribution in [3.8, 4) is 0 Å². The second-order valence-electron chi connectivity index (χ2n) is 5.34. The molecule has 2 unspecified atom stereocenters. The first kappa shape index (κ1) is 15.2. The molecule has 0 aromatic heterocycles. The maximum Gasteiger partial charge on any atom is 0.333 e. The lowest BCUT2D eigenvalue weighted by Crippen LogP contribution is -2.39. The fourth-order valence-electron chi connectivity index (χ4n) is 2.84. The zero-order valence-corrected chi connectivity index (χ0v) is 12.2. The third kappa shape index (κ3) is 4.13. The molecule has 1 aliphatic carbocycles. The molecule has 1 saturated carbocycles. The zero-order valence-electron chi connectivity index (χ0n) is 12.2. The lowest BCUT2D eigenvalue weighted by molar-refractivity contribution is -0.136. The molecule has 0 aliphatic heterocycles. The number of esters is 1. The highest BCUT2D eigenvalue weighted by Gasteiger charge is 2.24. The van der Waals surface area contributed by atoms with E-state index in [1.807, 2.05) is 13.0 Å². The van der Waals surface area contributed by atoms with Gasteiger partial charge in [0.1, 0.15) is 0 Å². The van der Waals surface area contributed by atoms with Gasteiger partial charge < -0.3 is 4.74 Å². The SMILES string of the molecule is CCC(=CCN(C)C1CCCCC1C)C(=O)OC. The predicted octanol–water partition coefficient (Wildman–Crippen LogP) is 3.01. The molecular formula is C15H27NO2. The molecule has 1 aliphatic rings. The van der Waals surface area contributed by atoms with Gasteiger partial charge in [-0.1, -0.05) is 32.8 Å². The molecule has 1 fully saturated rings. The molecule has 0 amide bonds. The van der Waals surface area contributed by atoms with Crippen molar-refractivity contribution in [2.45, 2.75) is 52.0 Å². The molecule has 0 aromatic carbocycles. The van der Waals surface area contributed by atoms with Crippen LogP contribution in [0.1, 0.15) is 46.0 Å². The summed E-state index contributed by atoms with van der Waals surface area (Å²) >= 11 is 0. The Labute approximate surface area is 111 Å². The first-order chi connectivity index (χ1) is 8.60. The number of hydrogen-bond donors (Lipinski definition) is 0. The van der Waals surface area contributed by atoms with Crippen LogP contribution in [0.5, 0.6) is 0 Å². The van der Waals surface area contributed by atoms with Crippen molar-refractivity contribution in [3.05, 3.63) is 11.6 Å². The van der Waals surface area contributed by atoms with Gasteiger partial charge in [-0.15, -0.1) is 0 Å². The van der Waals surface area contributed by atoms with Crippen LogP contribution in [0.15, 0.2) is 11.6 Å². The minimum Gasteiger partial charge on any atom is -0.466 e. The summed E-state index contributed by atoms with van der Waals surface area (Å²) in [5.74, 6) is 0.572. The Kier molecular flexibility index (Phi) is 6.41. The van der Waals surface area contributed by atoms with Gasteiger partial charge in [0.15, 0.2) is 0 Å². The normalized spacial score (nSPS) is 25.3. The molecular weight excluding hydrogens is 226 g/mol. The van der Waals surface area contributed by atoms with Crippen LogP contribution in [-0.4, -0.2) is 37.6 Å². The predicted molar refractivity (Wildman–Crippen MR) is 74.4 cm³/mol. The average Bonchev–Trinajstić information content (AvgIpc) is 2.39. The molecule has 2 atom stereocenters. The summed E-state index contributed by atoms with van der Waals surface area (Å²) < 4.78 is 4.78. The van der Waals surface area contributed by atoms with Crippen molar-refractivity contribution in [1.82, 2.24) is 4.90 Å².